The van der Waals surface area contributed by atoms with Crippen molar-refractivity contribution in [2.24, 2.45) is 11.8 Å². The summed E-state index contributed by atoms with van der Waals surface area (Å²) in [7, 11) is 0. The Kier molecular flexibility index (Phi) is 3.93. The fourth-order valence-electron chi connectivity index (χ4n) is 5.28. The lowest BCUT2D eigenvalue weighted by atomic mass is 9.62. The maximum absolute atomic E-state index is 13.3. The lowest BCUT2D eigenvalue weighted by Gasteiger charge is -2.55. The molecule has 5 rings (SSSR count). The number of carbonyl (C=O) groups is 2. The van der Waals surface area contributed by atoms with Gasteiger partial charge in [0.25, 0.3) is 0 Å². The van der Waals surface area contributed by atoms with E-state index in [4.69, 9.17) is 4.74 Å². The van der Waals surface area contributed by atoms with E-state index in [0.717, 1.165) is 48.2 Å². The Morgan fingerprint density at radius 2 is 1.93 bits per heavy atom. The molecular formula is C23H24N2O3. The Morgan fingerprint density at radius 3 is 2.79 bits per heavy atom. The molecule has 28 heavy (non-hydrogen) atoms. The highest BCUT2D eigenvalue weighted by molar-refractivity contribution is 6.08. The number of hydrogen-bond acceptors (Lipinski definition) is 3. The number of anilines is 1. The normalized spacial score (nSPS) is 30.3. The first-order valence-electron chi connectivity index (χ1n) is 10.1. The van der Waals surface area contributed by atoms with Crippen molar-refractivity contribution in [2.45, 2.75) is 44.2 Å². The number of benzene rings is 2. The average Bonchev–Trinajstić information content (AvgIpc) is 2.68. The van der Waals surface area contributed by atoms with Crippen LogP contribution in [0.1, 0.15) is 42.7 Å². The van der Waals surface area contributed by atoms with E-state index in [2.05, 4.69) is 10.6 Å². The molecule has 0 spiro atoms. The molecule has 0 unspecified atom stereocenters. The van der Waals surface area contributed by atoms with Crippen molar-refractivity contribution in [3.63, 3.8) is 0 Å². The van der Waals surface area contributed by atoms with Gasteiger partial charge in [0.15, 0.2) is 5.72 Å². The summed E-state index contributed by atoms with van der Waals surface area (Å²) in [6.07, 6.45) is 3.86. The molecule has 0 radical (unpaired) electrons. The van der Waals surface area contributed by atoms with Crippen LogP contribution in [0.5, 0.6) is 5.75 Å². The zero-order chi connectivity index (χ0) is 19.3. The minimum atomic E-state index is -0.763. The van der Waals surface area contributed by atoms with Gasteiger partial charge < -0.3 is 15.4 Å². The Hall–Kier alpha value is -2.82. The predicted octanol–water partition coefficient (Wildman–Crippen LogP) is 3.74. The number of nitrogens with one attached hydrogen (secondary N) is 2. The Bertz CT molecular complexity index is 956. The average molecular weight is 376 g/mol. The quantitative estimate of drug-likeness (QED) is 0.785. The van der Waals surface area contributed by atoms with E-state index in [9.17, 15) is 9.59 Å². The Morgan fingerprint density at radius 1 is 1.14 bits per heavy atom. The third-order valence-electron chi connectivity index (χ3n) is 6.58. The minimum Gasteiger partial charge on any atom is -0.467 e. The fraction of sp³-hybridized carbons (Fsp3) is 0.391. The van der Waals surface area contributed by atoms with Gasteiger partial charge in [-0.1, -0.05) is 42.8 Å². The number of piperidine rings is 1. The van der Waals surface area contributed by atoms with Crippen LogP contribution in [0.3, 0.4) is 0 Å². The first-order valence-corrected chi connectivity index (χ1v) is 10.1. The van der Waals surface area contributed by atoms with Crippen LogP contribution in [0.15, 0.2) is 48.5 Å². The topological polar surface area (TPSA) is 67.4 Å². The van der Waals surface area contributed by atoms with Crippen LogP contribution in [-0.4, -0.2) is 17.5 Å². The SMILES string of the molecule is Cc1ccccc1NC(=O)[C@@H]1C(=O)N[C@]23CCCC[C@@H]2[C@@H]1c1ccccc1O3. The second-order valence-corrected chi connectivity index (χ2v) is 8.18. The van der Waals surface area contributed by atoms with Gasteiger partial charge >= 0.3 is 0 Å². The molecule has 2 bridgehead atoms. The van der Waals surface area contributed by atoms with E-state index in [0.29, 0.717) is 0 Å². The zero-order valence-electron chi connectivity index (χ0n) is 15.9. The van der Waals surface area contributed by atoms with Crippen LogP contribution < -0.4 is 15.4 Å². The molecule has 2 aliphatic heterocycles. The highest BCUT2D eigenvalue weighted by Gasteiger charge is 2.60. The molecule has 3 aliphatic rings. The molecule has 5 nitrogen and oxygen atoms in total. The third kappa shape index (κ3) is 2.53. The maximum Gasteiger partial charge on any atom is 0.237 e. The summed E-state index contributed by atoms with van der Waals surface area (Å²) in [4.78, 5) is 26.4. The van der Waals surface area contributed by atoms with Crippen molar-refractivity contribution in [1.82, 2.24) is 5.32 Å². The van der Waals surface area contributed by atoms with E-state index in [1.165, 1.54) is 0 Å². The van der Waals surface area contributed by atoms with E-state index >= 15 is 0 Å². The van der Waals surface area contributed by atoms with Crippen LogP contribution in [0.2, 0.25) is 0 Å². The third-order valence-corrected chi connectivity index (χ3v) is 6.58. The molecule has 1 saturated carbocycles. The lowest BCUT2D eigenvalue weighted by Crippen LogP contribution is -2.69. The Balaban J connectivity index is 1.57. The summed E-state index contributed by atoms with van der Waals surface area (Å²) in [5, 5.41) is 6.11. The molecular weight excluding hydrogens is 352 g/mol. The van der Waals surface area contributed by atoms with Crippen LogP contribution in [-0.2, 0) is 9.59 Å². The monoisotopic (exact) mass is 376 g/mol. The van der Waals surface area contributed by atoms with E-state index in [1.807, 2.05) is 55.5 Å². The molecule has 2 aromatic rings. The maximum atomic E-state index is 13.3. The zero-order valence-corrected chi connectivity index (χ0v) is 15.9. The first kappa shape index (κ1) is 17.3. The number of amides is 2. The highest BCUT2D eigenvalue weighted by Crippen LogP contribution is 2.55. The van der Waals surface area contributed by atoms with E-state index in [1.54, 1.807) is 0 Å². The van der Waals surface area contributed by atoms with Gasteiger partial charge in [-0.3, -0.25) is 9.59 Å². The van der Waals surface area contributed by atoms with Gasteiger partial charge in [-0.2, -0.15) is 0 Å². The van der Waals surface area contributed by atoms with Crippen LogP contribution in [0.25, 0.3) is 0 Å². The fourth-order valence-corrected chi connectivity index (χ4v) is 5.28. The summed E-state index contributed by atoms with van der Waals surface area (Å²) in [6.45, 7) is 1.95. The molecule has 1 saturated heterocycles. The van der Waals surface area contributed by atoms with Gasteiger partial charge in [0.1, 0.15) is 11.7 Å². The summed E-state index contributed by atoms with van der Waals surface area (Å²) in [5.41, 5.74) is 2.03. The molecule has 5 heteroatoms. The number of rotatable bonds is 2. The second-order valence-electron chi connectivity index (χ2n) is 8.18. The number of carbonyl (C=O) groups excluding carboxylic acids is 2. The molecule has 144 valence electrons. The number of para-hydroxylation sites is 2. The van der Waals surface area contributed by atoms with Crippen molar-refractivity contribution in [3.05, 3.63) is 59.7 Å². The van der Waals surface area contributed by atoms with Crippen molar-refractivity contribution in [1.29, 1.82) is 0 Å². The van der Waals surface area contributed by atoms with E-state index < -0.39 is 11.6 Å². The first-order chi connectivity index (χ1) is 13.6. The number of ether oxygens (including phenoxy) is 1. The van der Waals surface area contributed by atoms with Crippen LogP contribution in [0.4, 0.5) is 5.69 Å². The lowest BCUT2D eigenvalue weighted by molar-refractivity contribution is -0.160. The molecule has 2 N–H and O–H groups in total. The molecule has 0 aromatic heterocycles. The van der Waals surface area contributed by atoms with Crippen LogP contribution in [0, 0.1) is 18.8 Å². The second kappa shape index (κ2) is 6.36. The van der Waals surface area contributed by atoms with Gasteiger partial charge in [-0.15, -0.1) is 0 Å². The van der Waals surface area contributed by atoms with Crippen LogP contribution >= 0.6 is 0 Å². The summed E-state index contributed by atoms with van der Waals surface area (Å²) >= 11 is 0. The smallest absolute Gasteiger partial charge is 0.237 e. The molecule has 2 heterocycles. The Labute approximate surface area is 164 Å². The predicted molar refractivity (Wildman–Crippen MR) is 106 cm³/mol. The molecule has 4 atom stereocenters. The van der Waals surface area contributed by atoms with E-state index in [-0.39, 0.29) is 23.7 Å². The minimum absolute atomic E-state index is 0.112. The number of hydrogen-bond donors (Lipinski definition) is 2. The highest BCUT2D eigenvalue weighted by atomic mass is 16.5. The van der Waals surface area contributed by atoms with Gasteiger partial charge in [0.05, 0.1) is 0 Å². The largest absolute Gasteiger partial charge is 0.467 e. The molecule has 2 fully saturated rings. The summed E-state index contributed by atoms with van der Waals surface area (Å²) in [6, 6.07) is 15.5. The van der Waals surface area contributed by atoms with Gasteiger partial charge in [0, 0.05) is 23.9 Å². The van der Waals surface area contributed by atoms with Gasteiger partial charge in [0.2, 0.25) is 11.8 Å². The summed E-state index contributed by atoms with van der Waals surface area (Å²) in [5.74, 6) is -0.499. The van der Waals surface area contributed by atoms with Crippen molar-refractivity contribution >= 4 is 17.5 Å². The van der Waals surface area contributed by atoms with Crippen molar-refractivity contribution in [3.8, 4) is 5.75 Å². The number of fused-ring (bicyclic) bond motifs is 2. The molecule has 2 aromatic carbocycles. The van der Waals surface area contributed by atoms with Crippen molar-refractivity contribution in [2.75, 3.05) is 5.32 Å². The number of aryl methyl sites for hydroxylation is 1. The summed E-state index contributed by atoms with van der Waals surface area (Å²) < 4.78 is 6.37. The van der Waals surface area contributed by atoms with Gasteiger partial charge in [-0.05, 0) is 43.0 Å². The molecule has 2 amide bonds. The van der Waals surface area contributed by atoms with Gasteiger partial charge in [-0.25, -0.2) is 0 Å². The standard InChI is InChI=1S/C23H24N2O3/c1-14-8-2-4-11-17(14)24-21(26)20-19-15-9-3-5-12-18(15)28-23(25-22(20)27)13-7-6-10-16(19)23/h2-5,8-9,11-12,16,19-20H,6-7,10,13H2,1H3,(H,24,26)(H,25,27)/t16-,19+,20-,23+/m1/s1. The molecule has 1 aliphatic carbocycles. The van der Waals surface area contributed by atoms with Crippen molar-refractivity contribution < 1.29 is 14.3 Å².